The average molecular weight is 311 g/mol. The second-order valence-corrected chi connectivity index (χ2v) is 7.92. The molecule has 1 aromatic rings. The summed E-state index contributed by atoms with van der Waals surface area (Å²) in [5, 5.41) is 5.78. The summed E-state index contributed by atoms with van der Waals surface area (Å²) in [6.07, 6.45) is 2.31. The van der Waals surface area contributed by atoms with Crippen LogP contribution in [0, 0.1) is 5.41 Å². The number of nitrogens with one attached hydrogen (secondary N) is 1. The number of hydrogen-bond acceptors (Lipinski definition) is 4. The summed E-state index contributed by atoms with van der Waals surface area (Å²) in [4.78, 5) is 3.99. The van der Waals surface area contributed by atoms with Gasteiger partial charge in [0, 0.05) is 42.1 Å². The molecule has 0 bridgehead atoms. The van der Waals surface area contributed by atoms with Crippen molar-refractivity contribution in [3.8, 4) is 0 Å². The fourth-order valence-corrected chi connectivity index (χ4v) is 3.78. The molecule has 1 N–H and O–H groups in total. The quantitative estimate of drug-likeness (QED) is 0.799. The van der Waals surface area contributed by atoms with Crippen molar-refractivity contribution in [1.29, 1.82) is 0 Å². The third-order valence-corrected chi connectivity index (χ3v) is 5.38. The Morgan fingerprint density at radius 1 is 1.43 bits per heavy atom. The molecule has 1 aromatic heterocycles. The fourth-order valence-electron chi connectivity index (χ4n) is 2.95. The van der Waals surface area contributed by atoms with E-state index < -0.39 is 0 Å². The van der Waals surface area contributed by atoms with Gasteiger partial charge in [0.2, 0.25) is 0 Å². The van der Waals surface area contributed by atoms with Gasteiger partial charge in [-0.1, -0.05) is 19.9 Å². The smallest absolute Gasteiger partial charge is 0.0547 e. The number of rotatable bonds is 8. The molecule has 2 unspecified atom stereocenters. The summed E-state index contributed by atoms with van der Waals surface area (Å²) >= 11 is 1.86. The molecule has 1 aliphatic rings. The molecule has 0 saturated carbocycles. The molecule has 120 valence electrons. The molecule has 21 heavy (non-hydrogen) atoms. The first kappa shape index (κ1) is 16.9. The Hall–Kier alpha value is -0.420. The predicted octanol–water partition coefficient (Wildman–Crippen LogP) is 3.02. The van der Waals surface area contributed by atoms with Gasteiger partial charge in [-0.25, -0.2) is 0 Å². The fraction of sp³-hybridized carbons (Fsp3) is 0.765. The van der Waals surface area contributed by atoms with Crippen molar-refractivity contribution in [2.75, 3.05) is 33.4 Å². The highest BCUT2D eigenvalue weighted by atomic mass is 32.1. The van der Waals surface area contributed by atoms with Crippen LogP contribution >= 0.6 is 11.3 Å². The Kier molecular flexibility index (Phi) is 6.23. The van der Waals surface area contributed by atoms with E-state index in [0.29, 0.717) is 12.1 Å². The van der Waals surface area contributed by atoms with Crippen LogP contribution < -0.4 is 5.32 Å². The molecule has 1 saturated heterocycles. The van der Waals surface area contributed by atoms with E-state index in [1.54, 1.807) is 0 Å². The molecule has 0 radical (unpaired) electrons. The minimum absolute atomic E-state index is 0.280. The van der Waals surface area contributed by atoms with Crippen molar-refractivity contribution < 1.29 is 4.74 Å². The lowest BCUT2D eigenvalue weighted by Gasteiger charge is -2.36. The maximum absolute atomic E-state index is 5.71. The van der Waals surface area contributed by atoms with Crippen LogP contribution in [0.2, 0.25) is 0 Å². The summed E-state index contributed by atoms with van der Waals surface area (Å²) in [5.74, 6) is 0. The van der Waals surface area contributed by atoms with E-state index in [2.05, 4.69) is 55.5 Å². The van der Waals surface area contributed by atoms with Crippen LogP contribution in [0.5, 0.6) is 0 Å². The zero-order chi connectivity index (χ0) is 15.3. The first-order valence-electron chi connectivity index (χ1n) is 8.04. The van der Waals surface area contributed by atoms with Gasteiger partial charge in [0.1, 0.15) is 0 Å². The van der Waals surface area contributed by atoms with Gasteiger partial charge in [0.05, 0.1) is 6.61 Å². The normalized spacial score (nSPS) is 24.1. The van der Waals surface area contributed by atoms with Gasteiger partial charge in [-0.2, -0.15) is 0 Å². The van der Waals surface area contributed by atoms with Gasteiger partial charge < -0.3 is 15.0 Å². The third kappa shape index (κ3) is 5.06. The van der Waals surface area contributed by atoms with Crippen LogP contribution in [-0.2, 0) is 11.2 Å². The van der Waals surface area contributed by atoms with Crippen molar-refractivity contribution in [2.24, 2.45) is 5.41 Å². The topological polar surface area (TPSA) is 24.5 Å². The highest BCUT2D eigenvalue weighted by Gasteiger charge is 2.36. The summed E-state index contributed by atoms with van der Waals surface area (Å²) in [5.41, 5.74) is 0.280. The van der Waals surface area contributed by atoms with Crippen molar-refractivity contribution in [3.05, 3.63) is 22.4 Å². The molecule has 0 amide bonds. The Balaban J connectivity index is 1.89. The van der Waals surface area contributed by atoms with Crippen LogP contribution in [0.4, 0.5) is 0 Å². The second-order valence-electron chi connectivity index (χ2n) is 6.89. The van der Waals surface area contributed by atoms with Gasteiger partial charge in [-0.15, -0.1) is 11.3 Å². The second kappa shape index (κ2) is 7.73. The minimum atomic E-state index is 0.280. The number of nitrogens with zero attached hydrogens (tertiary/aromatic N) is 1. The summed E-state index contributed by atoms with van der Waals surface area (Å²) < 4.78 is 5.71. The molecule has 1 aliphatic heterocycles. The van der Waals surface area contributed by atoms with Crippen LogP contribution in [0.15, 0.2) is 17.5 Å². The predicted molar refractivity (Wildman–Crippen MR) is 91.1 cm³/mol. The summed E-state index contributed by atoms with van der Waals surface area (Å²) in [6, 6.07) is 5.49. The standard InChI is InChI=1S/C17H30N2OS/c1-14(2)18-11-17(7-8-20-13-17)12-19(4)15(3)10-16-6-5-9-21-16/h5-6,9,14-15,18H,7-8,10-13H2,1-4H3. The molecule has 0 aromatic carbocycles. The van der Waals surface area contributed by atoms with Crippen molar-refractivity contribution in [1.82, 2.24) is 10.2 Å². The average Bonchev–Trinajstić information content (AvgIpc) is 3.08. The first-order valence-corrected chi connectivity index (χ1v) is 8.92. The molecule has 3 nitrogen and oxygen atoms in total. The highest BCUT2D eigenvalue weighted by Crippen LogP contribution is 2.30. The Morgan fingerprint density at radius 3 is 2.81 bits per heavy atom. The largest absolute Gasteiger partial charge is 0.381 e. The van der Waals surface area contributed by atoms with E-state index in [-0.39, 0.29) is 5.41 Å². The van der Waals surface area contributed by atoms with E-state index in [1.165, 1.54) is 11.3 Å². The molecular formula is C17H30N2OS. The van der Waals surface area contributed by atoms with Crippen molar-refractivity contribution in [3.63, 3.8) is 0 Å². The Labute approximate surface area is 133 Å². The van der Waals surface area contributed by atoms with Crippen molar-refractivity contribution in [2.45, 2.75) is 45.7 Å². The SMILES string of the molecule is CC(C)NCC1(CN(C)C(C)Cc2cccs2)CCOC1. The van der Waals surface area contributed by atoms with Gasteiger partial charge >= 0.3 is 0 Å². The van der Waals surface area contributed by atoms with Gasteiger partial charge in [-0.3, -0.25) is 0 Å². The lowest BCUT2D eigenvalue weighted by Crippen LogP contribution is -2.47. The summed E-state index contributed by atoms with van der Waals surface area (Å²) in [6.45, 7) is 10.7. The minimum Gasteiger partial charge on any atom is -0.381 e. The molecule has 0 aliphatic carbocycles. The Bertz CT molecular complexity index is 399. The van der Waals surface area contributed by atoms with Crippen LogP contribution in [0.1, 0.15) is 32.1 Å². The molecule has 0 spiro atoms. The van der Waals surface area contributed by atoms with Crippen LogP contribution in [-0.4, -0.2) is 50.3 Å². The van der Waals surface area contributed by atoms with Gasteiger partial charge in [-0.05, 0) is 38.3 Å². The lowest BCUT2D eigenvalue weighted by molar-refractivity contribution is 0.103. The molecule has 4 heteroatoms. The molecule has 1 fully saturated rings. The zero-order valence-corrected chi connectivity index (χ0v) is 14.7. The Morgan fingerprint density at radius 2 is 2.24 bits per heavy atom. The lowest BCUT2D eigenvalue weighted by atomic mass is 9.86. The third-order valence-electron chi connectivity index (χ3n) is 4.48. The van der Waals surface area contributed by atoms with E-state index in [4.69, 9.17) is 4.74 Å². The summed E-state index contributed by atoms with van der Waals surface area (Å²) in [7, 11) is 2.26. The number of thiophene rings is 1. The number of ether oxygens (including phenoxy) is 1. The molecule has 2 rings (SSSR count). The van der Waals surface area contributed by atoms with Gasteiger partial charge in [0.15, 0.2) is 0 Å². The highest BCUT2D eigenvalue weighted by molar-refractivity contribution is 7.09. The molecular weight excluding hydrogens is 280 g/mol. The number of likely N-dealkylation sites (N-methyl/N-ethyl adjacent to an activating group) is 1. The maximum atomic E-state index is 5.71. The molecule has 2 atom stereocenters. The van der Waals surface area contributed by atoms with Crippen molar-refractivity contribution >= 4 is 11.3 Å². The van der Waals surface area contributed by atoms with Crippen LogP contribution in [0.3, 0.4) is 0 Å². The molecule has 2 heterocycles. The van der Waals surface area contributed by atoms with E-state index in [9.17, 15) is 0 Å². The van der Waals surface area contributed by atoms with E-state index in [1.807, 2.05) is 11.3 Å². The van der Waals surface area contributed by atoms with Gasteiger partial charge in [0.25, 0.3) is 0 Å². The van der Waals surface area contributed by atoms with E-state index in [0.717, 1.165) is 32.7 Å². The first-order chi connectivity index (χ1) is 10.0. The van der Waals surface area contributed by atoms with E-state index >= 15 is 0 Å². The zero-order valence-electron chi connectivity index (χ0n) is 13.9. The number of hydrogen-bond donors (Lipinski definition) is 1. The monoisotopic (exact) mass is 310 g/mol. The maximum Gasteiger partial charge on any atom is 0.0547 e. The van der Waals surface area contributed by atoms with Crippen LogP contribution in [0.25, 0.3) is 0 Å².